The molecular formula is C7H12BrN5O2S2. The smallest absolute Gasteiger partial charge is 0.263 e. The third-order valence-corrected chi connectivity index (χ3v) is 4.95. The number of thiocarbonyl (C=S) groups is 1. The van der Waals surface area contributed by atoms with Gasteiger partial charge < -0.3 is 5.73 Å². The van der Waals surface area contributed by atoms with Crippen LogP contribution < -0.4 is 5.73 Å². The molecule has 96 valence electrons. The highest BCUT2D eigenvalue weighted by Gasteiger charge is 2.30. The van der Waals surface area contributed by atoms with Crippen LogP contribution in [0.1, 0.15) is 6.92 Å². The maximum Gasteiger partial charge on any atom is 0.263 e. The third-order valence-electron chi connectivity index (χ3n) is 2.01. The molecule has 1 rings (SSSR count). The first-order chi connectivity index (χ1) is 7.80. The van der Waals surface area contributed by atoms with Gasteiger partial charge in [0.2, 0.25) is 5.03 Å². The van der Waals surface area contributed by atoms with Crippen LogP contribution in [0.5, 0.6) is 0 Å². The predicted octanol–water partition coefficient (Wildman–Crippen LogP) is -0.126. The SMILES string of the molecule is CCN(CC(N)=S)S(=O)(=O)c1c(Br)nnn1C. The normalized spacial score (nSPS) is 12.0. The Kier molecular flexibility index (Phi) is 4.58. The van der Waals surface area contributed by atoms with Gasteiger partial charge >= 0.3 is 0 Å². The fourth-order valence-corrected chi connectivity index (χ4v) is 3.96. The fourth-order valence-electron chi connectivity index (χ4n) is 1.26. The summed E-state index contributed by atoms with van der Waals surface area (Å²) in [6.07, 6.45) is 0. The molecule has 0 atom stereocenters. The van der Waals surface area contributed by atoms with Crippen LogP contribution in [0.15, 0.2) is 9.63 Å². The first-order valence-corrected chi connectivity index (χ1v) is 7.28. The van der Waals surface area contributed by atoms with E-state index in [9.17, 15) is 8.42 Å². The monoisotopic (exact) mass is 341 g/mol. The average molecular weight is 342 g/mol. The molecule has 0 aliphatic heterocycles. The van der Waals surface area contributed by atoms with Gasteiger partial charge in [0.05, 0.1) is 11.5 Å². The highest BCUT2D eigenvalue weighted by atomic mass is 79.9. The van der Waals surface area contributed by atoms with E-state index in [-0.39, 0.29) is 27.7 Å². The second-order valence-corrected chi connectivity index (χ2v) is 6.34. The zero-order valence-electron chi connectivity index (χ0n) is 9.29. The Balaban J connectivity index is 3.22. The van der Waals surface area contributed by atoms with Gasteiger partial charge in [0.1, 0.15) is 0 Å². The Hall–Kier alpha value is -0.580. The standard InChI is InChI=1S/C7H12BrN5O2S2/c1-3-13(4-5(9)16)17(14,15)7-6(8)10-11-12(7)2/h3-4H2,1-2H3,(H2,9,16). The van der Waals surface area contributed by atoms with E-state index in [4.69, 9.17) is 18.0 Å². The van der Waals surface area contributed by atoms with Gasteiger partial charge in [0, 0.05) is 13.6 Å². The number of nitrogens with two attached hydrogens (primary N) is 1. The summed E-state index contributed by atoms with van der Waals surface area (Å²) in [6, 6.07) is 0. The third kappa shape index (κ3) is 3.00. The lowest BCUT2D eigenvalue weighted by atomic mass is 10.6. The topological polar surface area (TPSA) is 94.1 Å². The average Bonchev–Trinajstić information content (AvgIpc) is 2.54. The number of likely N-dealkylation sites (N-methyl/N-ethyl adjacent to an activating group) is 1. The Morgan fingerprint density at radius 3 is 2.59 bits per heavy atom. The molecule has 10 heteroatoms. The molecule has 1 aromatic heterocycles. The summed E-state index contributed by atoms with van der Waals surface area (Å²) in [5, 5.41) is 7.25. The van der Waals surface area contributed by atoms with E-state index in [0.29, 0.717) is 0 Å². The molecule has 0 saturated heterocycles. The van der Waals surface area contributed by atoms with Crippen molar-refractivity contribution in [2.75, 3.05) is 13.1 Å². The van der Waals surface area contributed by atoms with E-state index in [1.54, 1.807) is 6.92 Å². The zero-order chi connectivity index (χ0) is 13.2. The van der Waals surface area contributed by atoms with Gasteiger partial charge in [-0.1, -0.05) is 24.4 Å². The lowest BCUT2D eigenvalue weighted by Crippen LogP contribution is -2.38. The largest absolute Gasteiger partial charge is 0.392 e. The molecule has 0 aliphatic rings. The van der Waals surface area contributed by atoms with Crippen LogP contribution in [0.25, 0.3) is 0 Å². The molecule has 0 amide bonds. The van der Waals surface area contributed by atoms with Crippen LogP contribution in [0.2, 0.25) is 0 Å². The van der Waals surface area contributed by atoms with E-state index in [0.717, 1.165) is 0 Å². The van der Waals surface area contributed by atoms with Crippen LogP contribution >= 0.6 is 28.1 Å². The van der Waals surface area contributed by atoms with Crippen molar-refractivity contribution in [3.63, 3.8) is 0 Å². The maximum absolute atomic E-state index is 12.3. The number of aromatic nitrogens is 3. The van der Waals surface area contributed by atoms with Crippen LogP contribution in [0.4, 0.5) is 0 Å². The second kappa shape index (κ2) is 5.38. The first kappa shape index (κ1) is 14.5. The Labute approximate surface area is 113 Å². The highest BCUT2D eigenvalue weighted by molar-refractivity contribution is 9.10. The van der Waals surface area contributed by atoms with Gasteiger partial charge in [-0.2, -0.15) is 4.31 Å². The van der Waals surface area contributed by atoms with Crippen molar-refractivity contribution in [1.29, 1.82) is 0 Å². The molecule has 0 bridgehead atoms. The number of halogens is 1. The van der Waals surface area contributed by atoms with E-state index in [1.807, 2.05) is 0 Å². The van der Waals surface area contributed by atoms with Gasteiger partial charge in [0.25, 0.3) is 10.0 Å². The van der Waals surface area contributed by atoms with Crippen LogP contribution in [-0.4, -0.2) is 45.8 Å². The minimum Gasteiger partial charge on any atom is -0.392 e. The van der Waals surface area contributed by atoms with Crippen molar-refractivity contribution < 1.29 is 8.42 Å². The number of aryl methyl sites for hydroxylation is 1. The van der Waals surface area contributed by atoms with Crippen molar-refractivity contribution in [3.05, 3.63) is 4.60 Å². The van der Waals surface area contributed by atoms with Gasteiger partial charge in [-0.15, -0.1) is 5.10 Å². The predicted molar refractivity (Wildman–Crippen MR) is 69.9 cm³/mol. The number of hydrogen-bond acceptors (Lipinski definition) is 5. The summed E-state index contributed by atoms with van der Waals surface area (Å²) < 4.78 is 27.1. The molecule has 2 N–H and O–H groups in total. The molecule has 1 heterocycles. The van der Waals surface area contributed by atoms with E-state index in [2.05, 4.69) is 26.2 Å². The lowest BCUT2D eigenvalue weighted by molar-refractivity contribution is 0.458. The van der Waals surface area contributed by atoms with Gasteiger partial charge in [0.15, 0.2) is 4.60 Å². The maximum atomic E-state index is 12.3. The molecule has 1 aromatic rings. The van der Waals surface area contributed by atoms with E-state index >= 15 is 0 Å². The number of hydrogen-bond donors (Lipinski definition) is 1. The molecule has 17 heavy (non-hydrogen) atoms. The van der Waals surface area contributed by atoms with Gasteiger partial charge in [-0.3, -0.25) is 0 Å². The Morgan fingerprint density at radius 1 is 1.65 bits per heavy atom. The van der Waals surface area contributed by atoms with Crippen molar-refractivity contribution in [3.8, 4) is 0 Å². The van der Waals surface area contributed by atoms with Crippen LogP contribution in [-0.2, 0) is 17.1 Å². The van der Waals surface area contributed by atoms with Gasteiger partial charge in [-0.05, 0) is 15.9 Å². The van der Waals surface area contributed by atoms with Crippen molar-refractivity contribution in [2.24, 2.45) is 12.8 Å². The highest BCUT2D eigenvalue weighted by Crippen LogP contribution is 2.21. The zero-order valence-corrected chi connectivity index (χ0v) is 12.5. The summed E-state index contributed by atoms with van der Waals surface area (Å²) in [6.45, 7) is 1.95. The number of nitrogens with zero attached hydrogens (tertiary/aromatic N) is 4. The van der Waals surface area contributed by atoms with Crippen LogP contribution in [0.3, 0.4) is 0 Å². The number of rotatable bonds is 5. The van der Waals surface area contributed by atoms with Crippen molar-refractivity contribution in [2.45, 2.75) is 11.9 Å². The second-order valence-electron chi connectivity index (χ2n) is 3.21. The van der Waals surface area contributed by atoms with Crippen molar-refractivity contribution in [1.82, 2.24) is 19.3 Å². The lowest BCUT2D eigenvalue weighted by Gasteiger charge is -2.19. The van der Waals surface area contributed by atoms with E-state index < -0.39 is 10.0 Å². The number of sulfonamides is 1. The first-order valence-electron chi connectivity index (χ1n) is 4.64. The molecule has 0 aliphatic carbocycles. The molecule has 0 unspecified atom stereocenters. The molecule has 0 aromatic carbocycles. The quantitative estimate of drug-likeness (QED) is 0.750. The summed E-state index contributed by atoms with van der Waals surface area (Å²) >= 11 is 7.78. The Bertz CT molecular complexity index is 507. The summed E-state index contributed by atoms with van der Waals surface area (Å²) in [7, 11) is -2.21. The summed E-state index contributed by atoms with van der Waals surface area (Å²) in [5.74, 6) is 0. The molecule has 0 radical (unpaired) electrons. The molecular weight excluding hydrogens is 330 g/mol. The van der Waals surface area contributed by atoms with Crippen molar-refractivity contribution >= 4 is 43.2 Å². The van der Waals surface area contributed by atoms with Gasteiger partial charge in [-0.25, -0.2) is 13.1 Å². The van der Waals surface area contributed by atoms with E-state index in [1.165, 1.54) is 16.0 Å². The minimum atomic E-state index is -3.71. The summed E-state index contributed by atoms with van der Waals surface area (Å²) in [4.78, 5) is 0.113. The molecule has 0 fully saturated rings. The molecule has 0 spiro atoms. The summed E-state index contributed by atoms with van der Waals surface area (Å²) in [5.41, 5.74) is 5.37. The fraction of sp³-hybridized carbons (Fsp3) is 0.571. The Morgan fingerprint density at radius 2 is 2.24 bits per heavy atom. The minimum absolute atomic E-state index is 0.00815. The molecule has 0 saturated carbocycles. The molecule has 7 nitrogen and oxygen atoms in total. The van der Waals surface area contributed by atoms with Crippen LogP contribution in [0, 0.1) is 0 Å².